The molecule has 4 N–H and O–H groups in total. The lowest BCUT2D eigenvalue weighted by molar-refractivity contribution is 0.588. The normalized spacial score (nSPS) is 13.2. The van der Waals surface area contributed by atoms with E-state index < -0.39 is 10.0 Å². The smallest absolute Gasteiger partial charge is 0.240 e. The van der Waals surface area contributed by atoms with Crippen molar-refractivity contribution in [3.8, 4) is 0 Å². The Morgan fingerprint density at radius 1 is 1.40 bits per heavy atom. The molecule has 0 saturated heterocycles. The standard InChI is InChI=1S/C13H23N3O2S2/c1-4-19-8-7-10(2)16-13-6-5-11(9-12(13)14)20(17,18)15-3/h5-6,9-10,15-16H,4,7-8,14H2,1-3H3. The third kappa shape index (κ3) is 4.88. The van der Waals surface area contributed by atoms with E-state index in [1.807, 2.05) is 11.8 Å². The van der Waals surface area contributed by atoms with E-state index in [9.17, 15) is 8.42 Å². The third-order valence-electron chi connectivity index (χ3n) is 2.90. The Labute approximate surface area is 125 Å². The molecule has 0 aromatic heterocycles. The van der Waals surface area contributed by atoms with Crippen LogP contribution in [-0.2, 0) is 10.0 Å². The molecule has 1 aromatic rings. The highest BCUT2D eigenvalue weighted by atomic mass is 32.2. The van der Waals surface area contributed by atoms with Gasteiger partial charge in [-0.3, -0.25) is 0 Å². The fourth-order valence-electron chi connectivity index (χ4n) is 1.70. The predicted octanol–water partition coefficient (Wildman–Crippen LogP) is 2.12. The van der Waals surface area contributed by atoms with E-state index in [-0.39, 0.29) is 4.90 Å². The lowest BCUT2D eigenvalue weighted by atomic mass is 10.2. The van der Waals surface area contributed by atoms with Gasteiger partial charge in [-0.2, -0.15) is 11.8 Å². The van der Waals surface area contributed by atoms with Crippen molar-refractivity contribution >= 4 is 33.2 Å². The van der Waals surface area contributed by atoms with Crippen LogP contribution in [0.4, 0.5) is 11.4 Å². The summed E-state index contributed by atoms with van der Waals surface area (Å²) in [5.74, 6) is 2.21. The molecular formula is C13H23N3O2S2. The Kier molecular flexibility index (Phi) is 6.64. The quantitative estimate of drug-likeness (QED) is 0.505. The molecule has 7 heteroatoms. The topological polar surface area (TPSA) is 84.2 Å². The van der Waals surface area contributed by atoms with E-state index in [1.54, 1.807) is 12.1 Å². The summed E-state index contributed by atoms with van der Waals surface area (Å²) in [5.41, 5.74) is 7.13. The molecule has 0 heterocycles. The molecule has 0 saturated carbocycles. The monoisotopic (exact) mass is 317 g/mol. The minimum atomic E-state index is -3.44. The number of sulfonamides is 1. The number of hydrogen-bond acceptors (Lipinski definition) is 5. The molecule has 0 aliphatic carbocycles. The van der Waals surface area contributed by atoms with Crippen LogP contribution in [0.1, 0.15) is 20.3 Å². The number of anilines is 2. The molecule has 0 bridgehead atoms. The van der Waals surface area contributed by atoms with Gasteiger partial charge in [-0.05, 0) is 50.1 Å². The van der Waals surface area contributed by atoms with Gasteiger partial charge >= 0.3 is 0 Å². The van der Waals surface area contributed by atoms with Crippen LogP contribution in [0.25, 0.3) is 0 Å². The van der Waals surface area contributed by atoms with Crippen molar-refractivity contribution in [1.29, 1.82) is 0 Å². The van der Waals surface area contributed by atoms with Crippen LogP contribution < -0.4 is 15.8 Å². The molecule has 0 fully saturated rings. The third-order valence-corrected chi connectivity index (χ3v) is 5.25. The first-order valence-electron chi connectivity index (χ1n) is 6.58. The summed E-state index contributed by atoms with van der Waals surface area (Å²) in [6, 6.07) is 5.03. The van der Waals surface area contributed by atoms with Gasteiger partial charge in [-0.1, -0.05) is 6.92 Å². The molecular weight excluding hydrogens is 294 g/mol. The molecule has 1 rings (SSSR count). The number of hydrogen-bond donors (Lipinski definition) is 3. The van der Waals surface area contributed by atoms with Gasteiger partial charge in [0.15, 0.2) is 0 Å². The highest BCUT2D eigenvalue weighted by Gasteiger charge is 2.13. The second-order valence-electron chi connectivity index (χ2n) is 4.49. The maximum Gasteiger partial charge on any atom is 0.240 e. The van der Waals surface area contributed by atoms with E-state index >= 15 is 0 Å². The van der Waals surface area contributed by atoms with E-state index in [1.165, 1.54) is 13.1 Å². The van der Waals surface area contributed by atoms with Gasteiger partial charge in [0.05, 0.1) is 16.3 Å². The van der Waals surface area contributed by atoms with Crippen molar-refractivity contribution in [2.75, 3.05) is 29.6 Å². The number of nitrogens with one attached hydrogen (secondary N) is 2. The van der Waals surface area contributed by atoms with Crippen LogP contribution in [0.15, 0.2) is 23.1 Å². The van der Waals surface area contributed by atoms with Gasteiger partial charge in [-0.15, -0.1) is 0 Å². The van der Waals surface area contributed by atoms with Crippen molar-refractivity contribution in [1.82, 2.24) is 4.72 Å². The molecule has 0 aliphatic heterocycles. The van der Waals surface area contributed by atoms with Crippen molar-refractivity contribution in [3.63, 3.8) is 0 Å². The zero-order chi connectivity index (χ0) is 15.2. The average molecular weight is 317 g/mol. The maximum atomic E-state index is 11.7. The first kappa shape index (κ1) is 17.1. The van der Waals surface area contributed by atoms with Crippen molar-refractivity contribution < 1.29 is 8.42 Å². The van der Waals surface area contributed by atoms with E-state index in [4.69, 9.17) is 5.73 Å². The van der Waals surface area contributed by atoms with Gasteiger partial charge in [0.2, 0.25) is 10.0 Å². The molecule has 1 unspecified atom stereocenters. The Hall–Kier alpha value is -0.920. The number of nitrogens with two attached hydrogens (primary N) is 1. The summed E-state index contributed by atoms with van der Waals surface area (Å²) in [7, 11) is -2.06. The van der Waals surface area contributed by atoms with Crippen LogP contribution in [-0.4, -0.2) is 33.0 Å². The van der Waals surface area contributed by atoms with Crippen LogP contribution in [0.2, 0.25) is 0 Å². The first-order chi connectivity index (χ1) is 9.40. The fraction of sp³-hybridized carbons (Fsp3) is 0.538. The second-order valence-corrected chi connectivity index (χ2v) is 7.77. The maximum absolute atomic E-state index is 11.7. The van der Waals surface area contributed by atoms with Gasteiger partial charge in [0.25, 0.3) is 0 Å². The molecule has 5 nitrogen and oxygen atoms in total. The highest BCUT2D eigenvalue weighted by molar-refractivity contribution is 7.99. The lowest BCUT2D eigenvalue weighted by Gasteiger charge is -2.17. The highest BCUT2D eigenvalue weighted by Crippen LogP contribution is 2.23. The van der Waals surface area contributed by atoms with Crippen molar-refractivity contribution in [2.24, 2.45) is 0 Å². The lowest BCUT2D eigenvalue weighted by Crippen LogP contribution is -2.20. The predicted molar refractivity (Wildman–Crippen MR) is 87.8 cm³/mol. The average Bonchev–Trinajstić information content (AvgIpc) is 2.41. The Morgan fingerprint density at radius 2 is 2.10 bits per heavy atom. The van der Waals surface area contributed by atoms with Crippen LogP contribution in [0, 0.1) is 0 Å². The largest absolute Gasteiger partial charge is 0.397 e. The van der Waals surface area contributed by atoms with E-state index in [2.05, 4.69) is 23.9 Å². The Morgan fingerprint density at radius 3 is 2.65 bits per heavy atom. The summed E-state index contributed by atoms with van der Waals surface area (Å²) in [4.78, 5) is 0.178. The number of nitrogen functional groups attached to an aromatic ring is 1. The molecule has 0 radical (unpaired) electrons. The van der Waals surface area contributed by atoms with Crippen molar-refractivity contribution in [3.05, 3.63) is 18.2 Å². The number of rotatable bonds is 8. The summed E-state index contributed by atoms with van der Waals surface area (Å²) >= 11 is 1.90. The molecule has 20 heavy (non-hydrogen) atoms. The minimum absolute atomic E-state index is 0.178. The van der Waals surface area contributed by atoms with Crippen LogP contribution in [0.5, 0.6) is 0 Å². The van der Waals surface area contributed by atoms with Crippen LogP contribution in [0.3, 0.4) is 0 Å². The first-order valence-corrected chi connectivity index (χ1v) is 9.21. The molecule has 1 aromatic carbocycles. The van der Waals surface area contributed by atoms with Crippen molar-refractivity contribution in [2.45, 2.75) is 31.2 Å². The number of benzene rings is 1. The second kappa shape index (κ2) is 7.75. The summed E-state index contributed by atoms with van der Waals surface area (Å²) in [6.45, 7) is 4.23. The van der Waals surface area contributed by atoms with E-state index in [0.29, 0.717) is 11.7 Å². The van der Waals surface area contributed by atoms with Gasteiger partial charge in [0.1, 0.15) is 0 Å². The van der Waals surface area contributed by atoms with Gasteiger partial charge in [-0.25, -0.2) is 13.1 Å². The summed E-state index contributed by atoms with van der Waals surface area (Å²) in [6.07, 6.45) is 1.04. The number of thioether (sulfide) groups is 1. The van der Waals surface area contributed by atoms with E-state index in [0.717, 1.165) is 23.6 Å². The summed E-state index contributed by atoms with van der Waals surface area (Å²) < 4.78 is 25.6. The molecule has 0 spiro atoms. The Balaban J connectivity index is 2.74. The SMILES string of the molecule is CCSCCC(C)Nc1ccc(S(=O)(=O)NC)cc1N. The van der Waals surface area contributed by atoms with Gasteiger partial charge in [0, 0.05) is 6.04 Å². The zero-order valence-electron chi connectivity index (χ0n) is 12.1. The molecule has 0 amide bonds. The van der Waals surface area contributed by atoms with Crippen LogP contribution >= 0.6 is 11.8 Å². The Bertz CT molecular complexity index is 532. The molecule has 114 valence electrons. The minimum Gasteiger partial charge on any atom is -0.397 e. The fourth-order valence-corrected chi connectivity index (χ4v) is 3.27. The summed E-state index contributed by atoms with van der Waals surface area (Å²) in [5, 5.41) is 3.31. The van der Waals surface area contributed by atoms with Gasteiger partial charge < -0.3 is 11.1 Å². The molecule has 1 atom stereocenters. The molecule has 0 aliphatic rings. The zero-order valence-corrected chi connectivity index (χ0v) is 13.8.